The summed E-state index contributed by atoms with van der Waals surface area (Å²) >= 11 is 7.17. The Morgan fingerprint density at radius 2 is 1.37 bits per heavy atom. The highest BCUT2D eigenvalue weighted by Gasteiger charge is 2.40. The Bertz CT molecular complexity index is 1970. The number of allylic oxidation sites excluding steroid dienone is 10. The van der Waals surface area contributed by atoms with E-state index >= 15 is 0 Å². The molecule has 3 aliphatic rings. The molecule has 7 rings (SSSR count). The van der Waals surface area contributed by atoms with Crippen LogP contribution in [0.3, 0.4) is 0 Å². The van der Waals surface area contributed by atoms with Gasteiger partial charge in [0.2, 0.25) is 0 Å². The summed E-state index contributed by atoms with van der Waals surface area (Å²) in [5, 5.41) is 6.21. The maximum atomic E-state index is 7.17. The molecule has 4 aromatic carbocycles. The number of likely N-dealkylation sites (N-methyl/N-ethyl adjacent to an activating group) is 1. The van der Waals surface area contributed by atoms with Crippen molar-refractivity contribution in [2.24, 2.45) is 0 Å². The summed E-state index contributed by atoms with van der Waals surface area (Å²) in [4.78, 5) is 2.36. The van der Waals surface area contributed by atoms with Crippen molar-refractivity contribution in [2.75, 3.05) is 11.9 Å². The highest BCUT2D eigenvalue weighted by molar-refractivity contribution is 6.32. The van der Waals surface area contributed by atoms with E-state index in [9.17, 15) is 0 Å². The Hall–Kier alpha value is -3.81. The van der Waals surface area contributed by atoms with Crippen molar-refractivity contribution in [2.45, 2.75) is 64.7 Å². The van der Waals surface area contributed by atoms with E-state index in [-0.39, 0.29) is 10.8 Å². The van der Waals surface area contributed by atoms with Gasteiger partial charge in [-0.25, -0.2) is 0 Å². The molecule has 0 spiro atoms. The van der Waals surface area contributed by atoms with Gasteiger partial charge in [0.15, 0.2) is 0 Å². The summed E-state index contributed by atoms with van der Waals surface area (Å²) in [6.45, 7) is 11.7. The molecule has 1 heterocycles. The second-order valence-corrected chi connectivity index (χ2v) is 13.9. The molecule has 216 valence electrons. The Balaban J connectivity index is 1.22. The van der Waals surface area contributed by atoms with E-state index in [1.165, 1.54) is 71.9 Å². The van der Waals surface area contributed by atoms with Crippen LogP contribution in [0.2, 0.25) is 0 Å². The first-order valence-corrected chi connectivity index (χ1v) is 16.0. The van der Waals surface area contributed by atoms with Gasteiger partial charge in [-0.1, -0.05) is 124 Å². The molecule has 0 unspecified atom stereocenters. The predicted molar refractivity (Wildman–Crippen MR) is 187 cm³/mol. The fourth-order valence-electron chi connectivity index (χ4n) is 8.10. The molecular formula is C41H40ClN. The maximum absolute atomic E-state index is 7.17. The topological polar surface area (TPSA) is 3.24 Å². The lowest BCUT2D eigenvalue weighted by molar-refractivity contribution is 0.645. The van der Waals surface area contributed by atoms with Crippen LogP contribution in [0.4, 0.5) is 5.69 Å². The third kappa shape index (κ3) is 4.27. The smallest absolute Gasteiger partial charge is 0.0469 e. The lowest BCUT2D eigenvalue weighted by Gasteiger charge is -2.25. The van der Waals surface area contributed by atoms with Gasteiger partial charge < -0.3 is 4.90 Å². The quantitative estimate of drug-likeness (QED) is 0.232. The van der Waals surface area contributed by atoms with Crippen molar-refractivity contribution in [3.05, 3.63) is 141 Å². The van der Waals surface area contributed by atoms with Crippen molar-refractivity contribution < 1.29 is 0 Å². The number of hydrogen-bond donors (Lipinski definition) is 0. The van der Waals surface area contributed by atoms with Gasteiger partial charge in [-0.2, -0.15) is 0 Å². The lowest BCUT2D eigenvalue weighted by atomic mass is 9.78. The van der Waals surface area contributed by atoms with Crippen molar-refractivity contribution in [1.29, 1.82) is 0 Å². The number of rotatable bonds is 3. The van der Waals surface area contributed by atoms with Crippen molar-refractivity contribution in [3.8, 4) is 0 Å². The first kappa shape index (κ1) is 28.0. The molecule has 0 bridgehead atoms. The second-order valence-electron chi connectivity index (χ2n) is 13.5. The zero-order chi connectivity index (χ0) is 30.1. The molecule has 4 aromatic rings. The van der Waals surface area contributed by atoms with Gasteiger partial charge in [-0.15, -0.1) is 0 Å². The highest BCUT2D eigenvalue weighted by Crippen LogP contribution is 2.51. The number of halogens is 1. The molecule has 0 saturated heterocycles. The molecule has 0 fully saturated rings. The summed E-state index contributed by atoms with van der Waals surface area (Å²) in [7, 11) is 2.19. The van der Waals surface area contributed by atoms with Crippen LogP contribution in [0.15, 0.2) is 125 Å². The van der Waals surface area contributed by atoms with E-state index in [2.05, 4.69) is 144 Å². The average molecular weight is 582 g/mol. The summed E-state index contributed by atoms with van der Waals surface area (Å²) in [5.41, 5.74) is 11.9. The van der Waals surface area contributed by atoms with E-state index in [0.717, 1.165) is 24.3 Å². The summed E-state index contributed by atoms with van der Waals surface area (Å²) in [6.07, 6.45) is 12.4. The average Bonchev–Trinajstić information content (AvgIpc) is 3.33. The maximum Gasteiger partial charge on any atom is 0.0469 e. The first-order valence-electron chi connectivity index (χ1n) is 15.6. The van der Waals surface area contributed by atoms with Gasteiger partial charge in [-0.3, -0.25) is 0 Å². The standard InChI is InChI=1S/C41H40ClN/c1-26-31-22-18-27-12-7-9-16-32(27)37(31)40(2,3)34(26)23-19-29-14-11-15-30(39(29)42)21-25-36-41(4,5)38-33-17-10-8-13-28(33)20-24-35(38)43(36)6/h7-10,12-13,16-25H,11,14-15H2,1-6H3/b23-19+,30-21?,36-25-. The van der Waals surface area contributed by atoms with Crippen molar-refractivity contribution in [3.63, 3.8) is 0 Å². The molecular weight excluding hydrogens is 542 g/mol. The van der Waals surface area contributed by atoms with Gasteiger partial charge in [0, 0.05) is 34.3 Å². The number of anilines is 1. The van der Waals surface area contributed by atoms with E-state index in [1.807, 2.05) is 0 Å². The molecule has 0 saturated carbocycles. The zero-order valence-electron chi connectivity index (χ0n) is 26.2. The summed E-state index contributed by atoms with van der Waals surface area (Å²) in [5.74, 6) is 0. The minimum absolute atomic E-state index is 0.0701. The molecule has 0 amide bonds. The molecule has 1 aliphatic heterocycles. The van der Waals surface area contributed by atoms with Crippen molar-refractivity contribution >= 4 is 44.4 Å². The number of hydrogen-bond acceptors (Lipinski definition) is 1. The monoisotopic (exact) mass is 581 g/mol. The first-order chi connectivity index (χ1) is 20.6. The van der Waals surface area contributed by atoms with Crippen LogP contribution in [-0.2, 0) is 10.8 Å². The van der Waals surface area contributed by atoms with Crippen LogP contribution < -0.4 is 4.90 Å². The number of benzene rings is 4. The normalized spacial score (nSPS) is 21.2. The minimum Gasteiger partial charge on any atom is -0.347 e. The van der Waals surface area contributed by atoms with Gasteiger partial charge in [0.05, 0.1) is 0 Å². The predicted octanol–water partition coefficient (Wildman–Crippen LogP) is 11.5. The SMILES string of the molecule is CC1=C(/C=C/C2=C(Cl)C(=C/C=C3\N(C)c4ccc5ccccc5c4C3(C)C)CCC2)C(C)(C)c2c1ccc1ccccc21. The minimum atomic E-state index is -0.104. The van der Waals surface area contributed by atoms with Gasteiger partial charge in [0.1, 0.15) is 0 Å². The van der Waals surface area contributed by atoms with Gasteiger partial charge in [-0.05, 0) is 98.9 Å². The molecule has 0 radical (unpaired) electrons. The fraction of sp³-hybridized carbons (Fsp3) is 0.268. The van der Waals surface area contributed by atoms with E-state index < -0.39 is 0 Å². The second kappa shape index (κ2) is 10.1. The molecule has 43 heavy (non-hydrogen) atoms. The number of fused-ring (bicyclic) bond motifs is 6. The van der Waals surface area contributed by atoms with Crippen LogP contribution in [0.25, 0.3) is 27.1 Å². The Morgan fingerprint density at radius 1 is 0.721 bits per heavy atom. The fourth-order valence-corrected chi connectivity index (χ4v) is 8.42. The Morgan fingerprint density at radius 3 is 2.09 bits per heavy atom. The molecule has 1 nitrogen and oxygen atoms in total. The van der Waals surface area contributed by atoms with Crippen molar-refractivity contribution in [1.82, 2.24) is 0 Å². The Kier molecular flexibility index (Phi) is 6.60. The van der Waals surface area contributed by atoms with E-state index in [1.54, 1.807) is 0 Å². The summed E-state index contributed by atoms with van der Waals surface area (Å²) < 4.78 is 0. The van der Waals surface area contributed by atoms with Crippen LogP contribution in [0, 0.1) is 0 Å². The molecule has 0 N–H and O–H groups in total. The number of nitrogens with zero attached hydrogens (tertiary/aromatic N) is 1. The summed E-state index contributed by atoms with van der Waals surface area (Å²) in [6, 6.07) is 26.6. The van der Waals surface area contributed by atoms with Gasteiger partial charge in [0.25, 0.3) is 0 Å². The van der Waals surface area contributed by atoms with E-state index in [0.29, 0.717) is 0 Å². The molecule has 0 aromatic heterocycles. The highest BCUT2D eigenvalue weighted by atomic mass is 35.5. The molecule has 2 aliphatic carbocycles. The van der Waals surface area contributed by atoms with E-state index in [4.69, 9.17) is 11.6 Å². The largest absolute Gasteiger partial charge is 0.347 e. The van der Waals surface area contributed by atoms with Crippen LogP contribution >= 0.6 is 11.6 Å². The molecule has 2 heteroatoms. The third-order valence-corrected chi connectivity index (χ3v) is 10.8. The Labute approximate surface area is 261 Å². The third-order valence-electron chi connectivity index (χ3n) is 10.3. The lowest BCUT2D eigenvalue weighted by Crippen LogP contribution is -2.22. The van der Waals surface area contributed by atoms with Crippen LogP contribution in [0.5, 0.6) is 0 Å². The van der Waals surface area contributed by atoms with Crippen LogP contribution in [0.1, 0.15) is 70.6 Å². The van der Waals surface area contributed by atoms with Crippen LogP contribution in [-0.4, -0.2) is 7.05 Å². The van der Waals surface area contributed by atoms with Gasteiger partial charge >= 0.3 is 0 Å². The zero-order valence-corrected chi connectivity index (χ0v) is 26.9. The molecule has 0 atom stereocenters.